The Bertz CT molecular complexity index is 978. The SMILES string of the molecule is Cc1cc(C(=O)N2CCCN(Cc3[nH]c4ccc(F)cc4c3C)CC2)no1. The number of hydrogen-bond acceptors (Lipinski definition) is 4. The highest BCUT2D eigenvalue weighted by atomic mass is 19.1. The minimum atomic E-state index is -0.219. The van der Waals surface area contributed by atoms with Crippen molar-refractivity contribution in [1.29, 1.82) is 0 Å². The second kappa shape index (κ2) is 7.15. The van der Waals surface area contributed by atoms with Crippen molar-refractivity contribution in [3.63, 3.8) is 0 Å². The number of H-pyrrole nitrogens is 1. The molecule has 1 amide bonds. The topological polar surface area (TPSA) is 65.4 Å². The maximum absolute atomic E-state index is 13.5. The number of aromatic amines is 1. The van der Waals surface area contributed by atoms with E-state index in [-0.39, 0.29) is 11.7 Å². The Morgan fingerprint density at radius 1 is 1.22 bits per heavy atom. The van der Waals surface area contributed by atoms with Crippen LogP contribution in [0.2, 0.25) is 0 Å². The predicted octanol–water partition coefficient (Wildman–Crippen LogP) is 3.26. The molecule has 142 valence electrons. The summed E-state index contributed by atoms with van der Waals surface area (Å²) in [5.74, 6) is 0.342. The van der Waals surface area contributed by atoms with Crippen molar-refractivity contribution < 1.29 is 13.7 Å². The Balaban J connectivity index is 1.44. The monoisotopic (exact) mass is 370 g/mol. The first-order valence-corrected chi connectivity index (χ1v) is 9.23. The number of nitrogens with zero attached hydrogens (tertiary/aromatic N) is 3. The normalized spacial score (nSPS) is 16.0. The number of halogens is 1. The van der Waals surface area contributed by atoms with Crippen LogP contribution in [-0.2, 0) is 6.54 Å². The highest BCUT2D eigenvalue weighted by molar-refractivity contribution is 5.92. The summed E-state index contributed by atoms with van der Waals surface area (Å²) in [6.07, 6.45) is 0.899. The highest BCUT2D eigenvalue weighted by Gasteiger charge is 2.23. The van der Waals surface area contributed by atoms with Gasteiger partial charge in [0, 0.05) is 55.4 Å². The minimum Gasteiger partial charge on any atom is -0.361 e. The van der Waals surface area contributed by atoms with Crippen LogP contribution in [0, 0.1) is 19.7 Å². The van der Waals surface area contributed by atoms with Crippen molar-refractivity contribution in [2.24, 2.45) is 0 Å². The van der Waals surface area contributed by atoms with Gasteiger partial charge in [-0.05, 0) is 44.0 Å². The summed E-state index contributed by atoms with van der Waals surface area (Å²) in [5, 5.41) is 4.76. The van der Waals surface area contributed by atoms with E-state index in [4.69, 9.17) is 4.52 Å². The van der Waals surface area contributed by atoms with Gasteiger partial charge in [0.15, 0.2) is 5.69 Å². The van der Waals surface area contributed by atoms with E-state index in [0.29, 0.717) is 24.5 Å². The number of carbonyl (C=O) groups excluding carboxylic acids is 1. The lowest BCUT2D eigenvalue weighted by Crippen LogP contribution is -2.35. The molecule has 2 aromatic heterocycles. The maximum Gasteiger partial charge on any atom is 0.276 e. The number of aromatic nitrogens is 2. The van der Waals surface area contributed by atoms with E-state index in [1.54, 1.807) is 25.1 Å². The van der Waals surface area contributed by atoms with Crippen LogP contribution in [0.15, 0.2) is 28.8 Å². The van der Waals surface area contributed by atoms with E-state index in [1.807, 2.05) is 11.8 Å². The van der Waals surface area contributed by atoms with E-state index in [9.17, 15) is 9.18 Å². The molecule has 1 fully saturated rings. The number of amides is 1. The summed E-state index contributed by atoms with van der Waals surface area (Å²) < 4.78 is 18.5. The molecule has 3 aromatic rings. The first-order chi connectivity index (χ1) is 13.0. The van der Waals surface area contributed by atoms with Crippen molar-refractivity contribution in [3.8, 4) is 0 Å². The van der Waals surface area contributed by atoms with E-state index in [1.165, 1.54) is 6.07 Å². The van der Waals surface area contributed by atoms with Gasteiger partial charge in [0.1, 0.15) is 11.6 Å². The van der Waals surface area contributed by atoms with Gasteiger partial charge in [-0.25, -0.2) is 4.39 Å². The van der Waals surface area contributed by atoms with Crippen LogP contribution in [-0.4, -0.2) is 52.0 Å². The minimum absolute atomic E-state index is 0.0778. The fraction of sp³-hybridized carbons (Fsp3) is 0.400. The third kappa shape index (κ3) is 3.60. The predicted molar refractivity (Wildman–Crippen MR) is 100 cm³/mol. The molecule has 3 heterocycles. The molecule has 27 heavy (non-hydrogen) atoms. The van der Waals surface area contributed by atoms with Crippen LogP contribution in [0.5, 0.6) is 0 Å². The summed E-state index contributed by atoms with van der Waals surface area (Å²) in [4.78, 5) is 20.2. The van der Waals surface area contributed by atoms with Crippen molar-refractivity contribution in [1.82, 2.24) is 19.9 Å². The van der Waals surface area contributed by atoms with Gasteiger partial charge in [-0.15, -0.1) is 0 Å². The second-order valence-electron chi connectivity index (χ2n) is 7.16. The summed E-state index contributed by atoms with van der Waals surface area (Å²) >= 11 is 0. The van der Waals surface area contributed by atoms with Crippen LogP contribution < -0.4 is 0 Å². The number of benzene rings is 1. The molecular weight excluding hydrogens is 347 g/mol. The van der Waals surface area contributed by atoms with Gasteiger partial charge in [0.25, 0.3) is 5.91 Å². The van der Waals surface area contributed by atoms with E-state index < -0.39 is 0 Å². The zero-order valence-corrected chi connectivity index (χ0v) is 15.6. The fourth-order valence-electron chi connectivity index (χ4n) is 3.70. The Hall–Kier alpha value is -2.67. The molecule has 1 saturated heterocycles. The molecule has 0 unspecified atom stereocenters. The summed E-state index contributed by atoms with van der Waals surface area (Å²) in [6, 6.07) is 6.51. The molecule has 7 heteroatoms. The molecule has 0 saturated carbocycles. The lowest BCUT2D eigenvalue weighted by molar-refractivity contribution is 0.0750. The molecule has 1 aromatic carbocycles. The van der Waals surface area contributed by atoms with E-state index >= 15 is 0 Å². The van der Waals surface area contributed by atoms with Gasteiger partial charge in [0.2, 0.25) is 0 Å². The van der Waals surface area contributed by atoms with Crippen molar-refractivity contribution in [2.45, 2.75) is 26.8 Å². The van der Waals surface area contributed by atoms with Crippen LogP contribution in [0.4, 0.5) is 4.39 Å². The third-order valence-electron chi connectivity index (χ3n) is 5.23. The Labute approximate surface area is 156 Å². The van der Waals surface area contributed by atoms with Crippen LogP contribution in [0.1, 0.15) is 33.9 Å². The Morgan fingerprint density at radius 2 is 2.07 bits per heavy atom. The largest absolute Gasteiger partial charge is 0.361 e. The van der Waals surface area contributed by atoms with Gasteiger partial charge in [0.05, 0.1) is 0 Å². The maximum atomic E-state index is 13.5. The lowest BCUT2D eigenvalue weighted by Gasteiger charge is -2.21. The second-order valence-corrected chi connectivity index (χ2v) is 7.16. The summed E-state index contributed by atoms with van der Waals surface area (Å²) in [7, 11) is 0. The highest BCUT2D eigenvalue weighted by Crippen LogP contribution is 2.24. The lowest BCUT2D eigenvalue weighted by atomic mass is 10.1. The number of carbonyl (C=O) groups is 1. The average Bonchev–Trinajstić information content (AvgIpc) is 3.11. The zero-order chi connectivity index (χ0) is 19.0. The molecule has 1 N–H and O–H groups in total. The van der Waals surface area contributed by atoms with Gasteiger partial charge < -0.3 is 14.4 Å². The van der Waals surface area contributed by atoms with Gasteiger partial charge in [-0.3, -0.25) is 9.69 Å². The quantitative estimate of drug-likeness (QED) is 0.769. The molecule has 6 nitrogen and oxygen atoms in total. The van der Waals surface area contributed by atoms with Crippen molar-refractivity contribution in [2.75, 3.05) is 26.2 Å². The van der Waals surface area contributed by atoms with E-state index in [0.717, 1.165) is 48.2 Å². The fourth-order valence-corrected chi connectivity index (χ4v) is 3.70. The van der Waals surface area contributed by atoms with Gasteiger partial charge >= 0.3 is 0 Å². The molecule has 1 aliphatic heterocycles. The molecular formula is C20H23FN4O2. The van der Waals surface area contributed by atoms with E-state index in [2.05, 4.69) is 15.0 Å². The standard InChI is InChI=1S/C20H23FN4O2/c1-13-10-18(23-27-13)20(26)25-7-3-6-24(8-9-25)12-19-14(2)16-11-15(21)4-5-17(16)22-19/h4-5,10-11,22H,3,6-9,12H2,1-2H3. The zero-order valence-electron chi connectivity index (χ0n) is 15.6. The summed E-state index contributed by atoms with van der Waals surface area (Å²) in [6.45, 7) is 7.61. The number of aryl methyl sites for hydroxylation is 2. The van der Waals surface area contributed by atoms with Gasteiger partial charge in [-0.2, -0.15) is 0 Å². The molecule has 1 aliphatic rings. The van der Waals surface area contributed by atoms with Crippen LogP contribution in [0.25, 0.3) is 10.9 Å². The van der Waals surface area contributed by atoms with Crippen LogP contribution in [0.3, 0.4) is 0 Å². The number of fused-ring (bicyclic) bond motifs is 1. The molecule has 0 radical (unpaired) electrons. The molecule has 0 aliphatic carbocycles. The molecule has 0 atom stereocenters. The van der Waals surface area contributed by atoms with Crippen molar-refractivity contribution in [3.05, 3.63) is 52.8 Å². The van der Waals surface area contributed by atoms with Gasteiger partial charge in [-0.1, -0.05) is 5.16 Å². The Kier molecular flexibility index (Phi) is 4.70. The molecule has 0 spiro atoms. The number of nitrogens with one attached hydrogen (secondary N) is 1. The Morgan fingerprint density at radius 3 is 2.85 bits per heavy atom. The van der Waals surface area contributed by atoms with Crippen molar-refractivity contribution >= 4 is 16.8 Å². The third-order valence-corrected chi connectivity index (χ3v) is 5.23. The molecule has 4 rings (SSSR count). The smallest absolute Gasteiger partial charge is 0.276 e. The first-order valence-electron chi connectivity index (χ1n) is 9.23. The summed E-state index contributed by atoms with van der Waals surface area (Å²) in [5.41, 5.74) is 3.51. The first kappa shape index (κ1) is 17.7. The van der Waals surface area contributed by atoms with Crippen LogP contribution >= 0.6 is 0 Å². The molecule has 0 bridgehead atoms. The number of rotatable bonds is 3. The number of hydrogen-bond donors (Lipinski definition) is 1. The average molecular weight is 370 g/mol.